The molecule has 1 heterocycles. The van der Waals surface area contributed by atoms with Crippen molar-refractivity contribution >= 4 is 17.5 Å². The first-order valence-electron chi connectivity index (χ1n) is 4.94. The van der Waals surface area contributed by atoms with E-state index in [1.165, 1.54) is 0 Å². The average molecular weight is 229 g/mol. The highest BCUT2D eigenvalue weighted by molar-refractivity contribution is 6.28. The van der Waals surface area contributed by atoms with E-state index in [4.69, 9.17) is 16.3 Å². The normalized spacial score (nSPS) is 17.3. The lowest BCUT2D eigenvalue weighted by Gasteiger charge is -2.11. The second-order valence-electron chi connectivity index (χ2n) is 3.83. The van der Waals surface area contributed by atoms with Crippen LogP contribution in [0.25, 0.3) is 0 Å². The molecule has 6 heteroatoms. The molecule has 15 heavy (non-hydrogen) atoms. The molecule has 0 spiro atoms. The van der Waals surface area contributed by atoms with Gasteiger partial charge >= 0.3 is 6.01 Å². The summed E-state index contributed by atoms with van der Waals surface area (Å²) >= 11 is 5.75. The zero-order valence-corrected chi connectivity index (χ0v) is 9.51. The summed E-state index contributed by atoms with van der Waals surface area (Å²) in [5, 5.41) is 3.36. The van der Waals surface area contributed by atoms with Gasteiger partial charge in [0.1, 0.15) is 0 Å². The lowest BCUT2D eigenvalue weighted by Crippen LogP contribution is -2.18. The molecule has 0 aromatic carbocycles. The van der Waals surface area contributed by atoms with Gasteiger partial charge in [0.15, 0.2) is 0 Å². The van der Waals surface area contributed by atoms with Crippen molar-refractivity contribution in [2.24, 2.45) is 0 Å². The Hall–Kier alpha value is -1.10. The third-order valence-electron chi connectivity index (χ3n) is 2.27. The fraction of sp³-hybridized carbons (Fsp3) is 0.667. The van der Waals surface area contributed by atoms with Crippen LogP contribution in [0.5, 0.6) is 6.01 Å². The van der Waals surface area contributed by atoms with Gasteiger partial charge in [0.2, 0.25) is 11.2 Å². The van der Waals surface area contributed by atoms with E-state index in [0.717, 1.165) is 12.8 Å². The molecule has 0 amide bonds. The monoisotopic (exact) mass is 228 g/mol. The largest absolute Gasteiger partial charge is 0.464 e. The molecule has 1 fully saturated rings. The molecule has 1 aliphatic rings. The molecule has 1 aromatic rings. The van der Waals surface area contributed by atoms with Gasteiger partial charge in [-0.2, -0.15) is 15.0 Å². The fourth-order valence-electron chi connectivity index (χ4n) is 1.16. The summed E-state index contributed by atoms with van der Waals surface area (Å²) in [7, 11) is 0. The van der Waals surface area contributed by atoms with Crippen molar-refractivity contribution in [2.45, 2.75) is 32.2 Å². The number of anilines is 1. The number of halogens is 1. The SMILES string of the molecule is CCOc1nc(Cl)nc(NC2(C)CC2)n1. The summed E-state index contributed by atoms with van der Waals surface area (Å²) in [4.78, 5) is 12.0. The van der Waals surface area contributed by atoms with Crippen molar-refractivity contribution in [3.8, 4) is 6.01 Å². The number of nitrogens with one attached hydrogen (secondary N) is 1. The Bertz CT molecular complexity index is 367. The second-order valence-corrected chi connectivity index (χ2v) is 4.17. The summed E-state index contributed by atoms with van der Waals surface area (Å²) in [5.41, 5.74) is 0.119. The Labute approximate surface area is 93.2 Å². The molecule has 0 atom stereocenters. The topological polar surface area (TPSA) is 59.9 Å². The Morgan fingerprint density at radius 2 is 2.13 bits per heavy atom. The number of hydrogen-bond donors (Lipinski definition) is 1. The summed E-state index contributed by atoms with van der Waals surface area (Å²) in [6, 6.07) is 0.268. The van der Waals surface area contributed by atoms with E-state index in [1.54, 1.807) is 0 Å². The van der Waals surface area contributed by atoms with Crippen LogP contribution in [0.1, 0.15) is 26.7 Å². The van der Waals surface area contributed by atoms with Crippen LogP contribution in [-0.2, 0) is 0 Å². The lowest BCUT2D eigenvalue weighted by molar-refractivity contribution is 0.312. The predicted octanol–water partition coefficient (Wildman–Crippen LogP) is 1.89. The van der Waals surface area contributed by atoms with Gasteiger partial charge in [0.25, 0.3) is 0 Å². The van der Waals surface area contributed by atoms with Gasteiger partial charge < -0.3 is 10.1 Å². The maximum absolute atomic E-state index is 5.75. The average Bonchev–Trinajstić information content (AvgIpc) is 2.82. The van der Waals surface area contributed by atoms with Crippen molar-refractivity contribution in [3.63, 3.8) is 0 Å². The van der Waals surface area contributed by atoms with E-state index in [1.807, 2.05) is 6.92 Å². The Morgan fingerprint density at radius 1 is 1.40 bits per heavy atom. The molecule has 0 saturated heterocycles. The molecule has 1 N–H and O–H groups in total. The van der Waals surface area contributed by atoms with Crippen LogP contribution in [0.4, 0.5) is 5.95 Å². The quantitative estimate of drug-likeness (QED) is 0.853. The number of aromatic nitrogens is 3. The summed E-state index contributed by atoms with van der Waals surface area (Å²) < 4.78 is 5.18. The highest BCUT2D eigenvalue weighted by Crippen LogP contribution is 2.37. The fourth-order valence-corrected chi connectivity index (χ4v) is 1.32. The molecule has 1 aromatic heterocycles. The minimum atomic E-state index is 0.119. The van der Waals surface area contributed by atoms with Crippen LogP contribution >= 0.6 is 11.6 Å². The van der Waals surface area contributed by atoms with Crippen LogP contribution in [0.3, 0.4) is 0 Å². The molecular formula is C9H13ClN4O. The number of rotatable bonds is 4. The van der Waals surface area contributed by atoms with Gasteiger partial charge in [-0.05, 0) is 38.3 Å². The lowest BCUT2D eigenvalue weighted by atomic mass is 10.3. The standard InChI is InChI=1S/C9H13ClN4O/c1-3-15-8-12-6(10)11-7(13-8)14-9(2)4-5-9/h3-5H2,1-2H3,(H,11,12,13,14). The molecule has 0 unspecified atom stereocenters. The third-order valence-corrected chi connectivity index (χ3v) is 2.44. The minimum absolute atomic E-state index is 0.119. The van der Waals surface area contributed by atoms with Crippen LogP contribution in [0, 0.1) is 0 Å². The number of ether oxygens (including phenoxy) is 1. The summed E-state index contributed by atoms with van der Waals surface area (Å²) in [6.45, 7) is 4.50. The Morgan fingerprint density at radius 3 is 2.73 bits per heavy atom. The summed E-state index contributed by atoms with van der Waals surface area (Å²) in [5.74, 6) is 0.485. The first-order valence-corrected chi connectivity index (χ1v) is 5.32. The molecule has 1 saturated carbocycles. The van der Waals surface area contributed by atoms with Crippen molar-refractivity contribution in [2.75, 3.05) is 11.9 Å². The van der Waals surface area contributed by atoms with Crippen LogP contribution < -0.4 is 10.1 Å². The Balaban J connectivity index is 2.15. The minimum Gasteiger partial charge on any atom is -0.464 e. The van der Waals surface area contributed by atoms with E-state index in [-0.39, 0.29) is 16.8 Å². The van der Waals surface area contributed by atoms with Crippen molar-refractivity contribution in [1.82, 2.24) is 15.0 Å². The molecule has 0 aliphatic heterocycles. The molecule has 1 aliphatic carbocycles. The molecule has 82 valence electrons. The van der Waals surface area contributed by atoms with Crippen LogP contribution in [0.15, 0.2) is 0 Å². The van der Waals surface area contributed by atoms with Crippen molar-refractivity contribution in [3.05, 3.63) is 5.28 Å². The van der Waals surface area contributed by atoms with Crippen molar-refractivity contribution < 1.29 is 4.74 Å². The van der Waals surface area contributed by atoms with Gasteiger partial charge in [-0.1, -0.05) is 0 Å². The van der Waals surface area contributed by atoms with Gasteiger partial charge in [-0.3, -0.25) is 0 Å². The van der Waals surface area contributed by atoms with E-state index >= 15 is 0 Å². The molecule has 5 nitrogen and oxygen atoms in total. The van der Waals surface area contributed by atoms with Gasteiger partial charge in [0, 0.05) is 5.54 Å². The Kier molecular flexibility index (Phi) is 2.65. The highest BCUT2D eigenvalue weighted by Gasteiger charge is 2.38. The molecule has 2 rings (SSSR count). The molecule has 0 radical (unpaired) electrons. The second kappa shape index (κ2) is 3.81. The van der Waals surface area contributed by atoms with E-state index in [0.29, 0.717) is 12.6 Å². The zero-order valence-electron chi connectivity index (χ0n) is 8.75. The smallest absolute Gasteiger partial charge is 0.322 e. The number of nitrogens with zero attached hydrogens (tertiary/aromatic N) is 3. The maximum Gasteiger partial charge on any atom is 0.322 e. The first kappa shape index (κ1) is 10.4. The first-order chi connectivity index (χ1) is 7.11. The molecular weight excluding hydrogens is 216 g/mol. The maximum atomic E-state index is 5.75. The van der Waals surface area contributed by atoms with E-state index < -0.39 is 0 Å². The third kappa shape index (κ3) is 2.68. The van der Waals surface area contributed by atoms with E-state index in [2.05, 4.69) is 27.2 Å². The summed E-state index contributed by atoms with van der Waals surface area (Å²) in [6.07, 6.45) is 2.25. The predicted molar refractivity (Wildman–Crippen MR) is 57.3 cm³/mol. The van der Waals surface area contributed by atoms with Crippen molar-refractivity contribution in [1.29, 1.82) is 0 Å². The number of hydrogen-bond acceptors (Lipinski definition) is 5. The van der Waals surface area contributed by atoms with Crippen LogP contribution in [0.2, 0.25) is 5.28 Å². The van der Waals surface area contributed by atoms with E-state index in [9.17, 15) is 0 Å². The van der Waals surface area contributed by atoms with Gasteiger partial charge in [-0.25, -0.2) is 0 Å². The van der Waals surface area contributed by atoms with Crippen LogP contribution in [-0.4, -0.2) is 27.1 Å². The van der Waals surface area contributed by atoms with Gasteiger partial charge in [-0.15, -0.1) is 0 Å². The van der Waals surface area contributed by atoms with Gasteiger partial charge in [0.05, 0.1) is 6.61 Å². The molecule has 0 bridgehead atoms. The zero-order chi connectivity index (χ0) is 10.9. The highest BCUT2D eigenvalue weighted by atomic mass is 35.5.